The highest BCUT2D eigenvalue weighted by molar-refractivity contribution is 6.33. The first-order chi connectivity index (χ1) is 13.6. The summed E-state index contributed by atoms with van der Waals surface area (Å²) in [6.45, 7) is 2.95. The van der Waals surface area contributed by atoms with Crippen molar-refractivity contribution in [3.05, 3.63) is 71.1 Å². The number of nitrogens with one attached hydrogen (secondary N) is 1. The summed E-state index contributed by atoms with van der Waals surface area (Å²) in [4.78, 5) is 2.36. The Balaban J connectivity index is 1.63. The second-order valence-electron chi connectivity index (χ2n) is 7.36. The monoisotopic (exact) mass is 398 g/mol. The van der Waals surface area contributed by atoms with Gasteiger partial charge >= 0.3 is 0 Å². The van der Waals surface area contributed by atoms with Crippen molar-refractivity contribution in [3.63, 3.8) is 0 Å². The van der Waals surface area contributed by atoms with Crippen molar-refractivity contribution in [2.45, 2.75) is 25.4 Å². The molecule has 3 aromatic rings. The van der Waals surface area contributed by atoms with Crippen LogP contribution in [0.25, 0.3) is 16.9 Å². The number of aromatic nitrogens is 2. The van der Waals surface area contributed by atoms with Gasteiger partial charge in [-0.05, 0) is 63.3 Å². The van der Waals surface area contributed by atoms with Crippen molar-refractivity contribution >= 4 is 11.6 Å². The lowest BCUT2D eigenvalue weighted by Gasteiger charge is -2.29. The molecule has 1 N–H and O–H groups in total. The minimum Gasteiger partial charge on any atom is -0.310 e. The molecule has 2 heterocycles. The van der Waals surface area contributed by atoms with Crippen molar-refractivity contribution < 1.29 is 4.39 Å². The van der Waals surface area contributed by atoms with E-state index in [1.807, 2.05) is 30.5 Å². The van der Waals surface area contributed by atoms with Gasteiger partial charge < -0.3 is 10.2 Å². The SMILES string of the molecule is CN1CCC(NCc2cn(-c3ccc(F)cc3)nc2-c2ccccc2Cl)CC1. The Labute approximate surface area is 169 Å². The Bertz CT molecular complexity index is 930. The smallest absolute Gasteiger partial charge is 0.123 e. The molecule has 0 amide bonds. The number of halogens is 2. The third kappa shape index (κ3) is 4.27. The molecule has 1 saturated heterocycles. The highest BCUT2D eigenvalue weighted by Crippen LogP contribution is 2.30. The van der Waals surface area contributed by atoms with Gasteiger partial charge in [-0.3, -0.25) is 0 Å². The zero-order chi connectivity index (χ0) is 19.5. The van der Waals surface area contributed by atoms with Gasteiger partial charge in [-0.15, -0.1) is 0 Å². The zero-order valence-electron chi connectivity index (χ0n) is 15.9. The van der Waals surface area contributed by atoms with Crippen LogP contribution in [0.3, 0.4) is 0 Å². The molecule has 6 heteroatoms. The van der Waals surface area contributed by atoms with Gasteiger partial charge in [0, 0.05) is 29.9 Å². The first kappa shape index (κ1) is 19.1. The van der Waals surface area contributed by atoms with E-state index in [2.05, 4.69) is 17.3 Å². The standard InChI is InChI=1S/C22H24ClFN4/c1-27-12-10-18(11-13-27)25-14-16-15-28(19-8-6-17(24)7-9-19)26-22(16)20-4-2-3-5-21(20)23/h2-9,15,18,25H,10-14H2,1H3. The van der Waals surface area contributed by atoms with Gasteiger partial charge in [0.2, 0.25) is 0 Å². The fraction of sp³-hybridized carbons (Fsp3) is 0.318. The average Bonchev–Trinajstić information content (AvgIpc) is 3.12. The minimum absolute atomic E-state index is 0.258. The van der Waals surface area contributed by atoms with E-state index >= 15 is 0 Å². The molecular weight excluding hydrogens is 375 g/mol. The maximum atomic E-state index is 13.3. The van der Waals surface area contributed by atoms with Crippen LogP contribution in [-0.4, -0.2) is 40.9 Å². The van der Waals surface area contributed by atoms with Gasteiger partial charge in [0.15, 0.2) is 0 Å². The van der Waals surface area contributed by atoms with E-state index < -0.39 is 0 Å². The Morgan fingerprint density at radius 3 is 2.54 bits per heavy atom. The third-order valence-electron chi connectivity index (χ3n) is 5.31. The topological polar surface area (TPSA) is 33.1 Å². The molecule has 0 atom stereocenters. The van der Waals surface area contributed by atoms with Gasteiger partial charge in [0.1, 0.15) is 5.82 Å². The van der Waals surface area contributed by atoms with Crippen molar-refractivity contribution in [2.24, 2.45) is 0 Å². The molecule has 2 aromatic carbocycles. The van der Waals surface area contributed by atoms with Crippen LogP contribution in [0.2, 0.25) is 5.02 Å². The Morgan fingerprint density at radius 2 is 1.82 bits per heavy atom. The summed E-state index contributed by atoms with van der Waals surface area (Å²) < 4.78 is 15.1. The number of benzene rings is 2. The number of piperidine rings is 1. The van der Waals surface area contributed by atoms with Gasteiger partial charge in [-0.25, -0.2) is 9.07 Å². The Morgan fingerprint density at radius 1 is 1.11 bits per heavy atom. The lowest BCUT2D eigenvalue weighted by molar-refractivity contribution is 0.234. The molecule has 1 aromatic heterocycles. The van der Waals surface area contributed by atoms with Crippen LogP contribution in [0.1, 0.15) is 18.4 Å². The lowest BCUT2D eigenvalue weighted by Crippen LogP contribution is -2.40. The predicted octanol–water partition coefficient (Wildman–Crippen LogP) is 4.52. The number of hydrogen-bond donors (Lipinski definition) is 1. The molecule has 4 rings (SSSR count). The number of nitrogens with zero attached hydrogens (tertiary/aromatic N) is 3. The second kappa shape index (κ2) is 8.43. The second-order valence-corrected chi connectivity index (χ2v) is 7.77. The Kier molecular flexibility index (Phi) is 5.76. The molecular formula is C22H24ClFN4. The molecule has 0 spiro atoms. The normalized spacial score (nSPS) is 15.8. The maximum absolute atomic E-state index is 13.3. The summed E-state index contributed by atoms with van der Waals surface area (Å²) in [5.74, 6) is -0.258. The molecule has 0 unspecified atom stereocenters. The molecule has 4 nitrogen and oxygen atoms in total. The lowest BCUT2D eigenvalue weighted by atomic mass is 10.0. The van der Waals surface area contributed by atoms with Gasteiger partial charge in [-0.1, -0.05) is 29.8 Å². The largest absolute Gasteiger partial charge is 0.310 e. The highest BCUT2D eigenvalue weighted by Gasteiger charge is 2.19. The van der Waals surface area contributed by atoms with E-state index in [1.165, 1.54) is 12.1 Å². The third-order valence-corrected chi connectivity index (χ3v) is 5.64. The number of hydrogen-bond acceptors (Lipinski definition) is 3. The van der Waals surface area contributed by atoms with E-state index in [0.717, 1.165) is 55.0 Å². The summed E-state index contributed by atoms with van der Waals surface area (Å²) in [6, 6.07) is 14.6. The molecule has 146 valence electrons. The molecule has 0 bridgehead atoms. The van der Waals surface area contributed by atoms with Crippen LogP contribution in [0.15, 0.2) is 54.7 Å². The van der Waals surface area contributed by atoms with Crippen LogP contribution in [0.4, 0.5) is 4.39 Å². The molecule has 0 saturated carbocycles. The van der Waals surface area contributed by atoms with E-state index in [0.29, 0.717) is 11.1 Å². The van der Waals surface area contributed by atoms with Gasteiger partial charge in [-0.2, -0.15) is 5.10 Å². The van der Waals surface area contributed by atoms with E-state index in [-0.39, 0.29) is 5.82 Å². The fourth-order valence-corrected chi connectivity index (χ4v) is 3.84. The zero-order valence-corrected chi connectivity index (χ0v) is 16.7. The van der Waals surface area contributed by atoms with Crippen LogP contribution >= 0.6 is 11.6 Å². The first-order valence-corrected chi connectivity index (χ1v) is 9.99. The molecule has 1 aliphatic heterocycles. The predicted molar refractivity (Wildman–Crippen MR) is 111 cm³/mol. The van der Waals surface area contributed by atoms with Gasteiger partial charge in [0.25, 0.3) is 0 Å². The molecule has 0 aliphatic carbocycles. The number of likely N-dealkylation sites (tertiary alicyclic amines) is 1. The van der Waals surface area contributed by atoms with E-state index in [1.54, 1.807) is 16.8 Å². The fourth-order valence-electron chi connectivity index (χ4n) is 3.61. The van der Waals surface area contributed by atoms with Crippen LogP contribution in [-0.2, 0) is 6.54 Å². The van der Waals surface area contributed by atoms with Crippen molar-refractivity contribution in [2.75, 3.05) is 20.1 Å². The highest BCUT2D eigenvalue weighted by atomic mass is 35.5. The first-order valence-electron chi connectivity index (χ1n) is 9.61. The van der Waals surface area contributed by atoms with Crippen LogP contribution in [0, 0.1) is 5.82 Å². The van der Waals surface area contributed by atoms with Crippen molar-refractivity contribution in [3.8, 4) is 16.9 Å². The molecule has 0 radical (unpaired) electrons. The molecule has 1 fully saturated rings. The summed E-state index contributed by atoms with van der Waals surface area (Å²) in [5.41, 5.74) is 3.66. The molecule has 28 heavy (non-hydrogen) atoms. The van der Waals surface area contributed by atoms with Crippen molar-refractivity contribution in [1.82, 2.24) is 20.0 Å². The van der Waals surface area contributed by atoms with E-state index in [4.69, 9.17) is 16.7 Å². The summed E-state index contributed by atoms with van der Waals surface area (Å²) >= 11 is 6.45. The Hall–Kier alpha value is -2.21. The summed E-state index contributed by atoms with van der Waals surface area (Å²) in [5, 5.41) is 9.13. The minimum atomic E-state index is -0.258. The number of rotatable bonds is 5. The quantitative estimate of drug-likeness (QED) is 0.686. The molecule has 1 aliphatic rings. The van der Waals surface area contributed by atoms with Crippen molar-refractivity contribution in [1.29, 1.82) is 0 Å². The average molecular weight is 399 g/mol. The van der Waals surface area contributed by atoms with Crippen LogP contribution < -0.4 is 5.32 Å². The van der Waals surface area contributed by atoms with Gasteiger partial charge in [0.05, 0.1) is 16.4 Å². The van der Waals surface area contributed by atoms with E-state index in [9.17, 15) is 4.39 Å². The summed E-state index contributed by atoms with van der Waals surface area (Å²) in [7, 11) is 2.17. The van der Waals surface area contributed by atoms with Crippen LogP contribution in [0.5, 0.6) is 0 Å². The summed E-state index contributed by atoms with van der Waals surface area (Å²) in [6.07, 6.45) is 4.29. The maximum Gasteiger partial charge on any atom is 0.123 e.